The molecule has 0 atom stereocenters. The van der Waals surface area contributed by atoms with Crippen LogP contribution in [0.3, 0.4) is 0 Å². The van der Waals surface area contributed by atoms with Crippen LogP contribution in [0.5, 0.6) is 0 Å². The molecule has 0 bridgehead atoms. The summed E-state index contributed by atoms with van der Waals surface area (Å²) < 4.78 is 2.42. The molecule has 6 aromatic carbocycles. The zero-order valence-corrected chi connectivity index (χ0v) is 21.4. The third-order valence-electron chi connectivity index (χ3n) is 7.28. The van der Waals surface area contributed by atoms with Crippen molar-refractivity contribution in [3.05, 3.63) is 151 Å². The van der Waals surface area contributed by atoms with Crippen molar-refractivity contribution in [2.24, 2.45) is 0 Å². The van der Waals surface area contributed by atoms with E-state index in [0.717, 1.165) is 16.3 Å². The van der Waals surface area contributed by atoms with Gasteiger partial charge in [0.2, 0.25) is 0 Å². The lowest BCUT2D eigenvalue weighted by molar-refractivity contribution is 1.18. The van der Waals surface area contributed by atoms with E-state index in [1.165, 1.54) is 49.6 Å². The third kappa shape index (κ3) is 3.80. The summed E-state index contributed by atoms with van der Waals surface area (Å²) >= 11 is 6.23. The molecule has 0 fully saturated rings. The highest BCUT2D eigenvalue weighted by molar-refractivity contribution is 6.30. The van der Waals surface area contributed by atoms with Crippen molar-refractivity contribution >= 4 is 33.4 Å². The maximum atomic E-state index is 6.23. The number of rotatable bonds is 4. The van der Waals surface area contributed by atoms with Gasteiger partial charge in [0.05, 0.1) is 16.7 Å². The Morgan fingerprint density at radius 2 is 1.03 bits per heavy atom. The molecular weight excluding hydrogens is 482 g/mol. The molecule has 38 heavy (non-hydrogen) atoms. The highest BCUT2D eigenvalue weighted by Gasteiger charge is 2.18. The predicted molar refractivity (Wildman–Crippen MR) is 162 cm³/mol. The van der Waals surface area contributed by atoms with E-state index in [0.29, 0.717) is 0 Å². The van der Waals surface area contributed by atoms with Crippen LogP contribution < -0.4 is 0 Å². The number of fused-ring (bicyclic) bond motifs is 3. The molecule has 0 saturated heterocycles. The first-order valence-electron chi connectivity index (χ1n) is 12.8. The predicted octanol–water partition coefficient (Wildman–Crippen LogP) is 10.4. The SMILES string of the molecule is Clc1ccc(-c2cccc3c2c2ccccc2n3-c2ccc(-c3ccccc3)cc2-c2ccccc2)cc1. The van der Waals surface area contributed by atoms with Crippen molar-refractivity contribution in [3.8, 4) is 39.1 Å². The van der Waals surface area contributed by atoms with E-state index in [1.54, 1.807) is 0 Å². The fourth-order valence-corrected chi connectivity index (χ4v) is 5.66. The Balaban J connectivity index is 1.55. The molecule has 0 aliphatic heterocycles. The highest BCUT2D eigenvalue weighted by Crippen LogP contribution is 2.41. The van der Waals surface area contributed by atoms with Crippen LogP contribution in [0.2, 0.25) is 5.02 Å². The Morgan fingerprint density at radius 3 is 1.79 bits per heavy atom. The van der Waals surface area contributed by atoms with Gasteiger partial charge >= 0.3 is 0 Å². The average molecular weight is 506 g/mol. The van der Waals surface area contributed by atoms with Gasteiger partial charge in [-0.2, -0.15) is 0 Å². The lowest BCUT2D eigenvalue weighted by atomic mass is 9.97. The lowest BCUT2D eigenvalue weighted by Crippen LogP contribution is -1.98. The van der Waals surface area contributed by atoms with Crippen LogP contribution in [-0.2, 0) is 0 Å². The number of hydrogen-bond donors (Lipinski definition) is 0. The summed E-state index contributed by atoms with van der Waals surface area (Å²) in [5, 5.41) is 3.23. The minimum atomic E-state index is 0.745. The van der Waals surface area contributed by atoms with E-state index in [2.05, 4.69) is 138 Å². The maximum absolute atomic E-state index is 6.23. The van der Waals surface area contributed by atoms with E-state index in [1.807, 2.05) is 12.1 Å². The van der Waals surface area contributed by atoms with E-state index < -0.39 is 0 Å². The number of benzene rings is 6. The van der Waals surface area contributed by atoms with Gasteiger partial charge in [0, 0.05) is 21.4 Å². The largest absolute Gasteiger partial charge is 0.309 e. The number of para-hydroxylation sites is 1. The molecule has 180 valence electrons. The monoisotopic (exact) mass is 505 g/mol. The molecule has 0 aliphatic rings. The van der Waals surface area contributed by atoms with Crippen molar-refractivity contribution in [1.29, 1.82) is 0 Å². The quantitative estimate of drug-likeness (QED) is 0.224. The second-order valence-corrected chi connectivity index (χ2v) is 9.96. The fourth-order valence-electron chi connectivity index (χ4n) is 5.54. The maximum Gasteiger partial charge on any atom is 0.0547 e. The van der Waals surface area contributed by atoms with Gasteiger partial charge in [-0.3, -0.25) is 0 Å². The minimum Gasteiger partial charge on any atom is -0.309 e. The average Bonchev–Trinajstić information content (AvgIpc) is 3.33. The molecule has 0 aliphatic carbocycles. The van der Waals surface area contributed by atoms with Gasteiger partial charge in [0.15, 0.2) is 0 Å². The van der Waals surface area contributed by atoms with E-state index in [4.69, 9.17) is 11.6 Å². The summed E-state index contributed by atoms with van der Waals surface area (Å²) in [5.41, 5.74) is 10.7. The van der Waals surface area contributed by atoms with E-state index in [9.17, 15) is 0 Å². The second-order valence-electron chi connectivity index (χ2n) is 9.52. The van der Waals surface area contributed by atoms with Gasteiger partial charge in [-0.25, -0.2) is 0 Å². The van der Waals surface area contributed by atoms with Gasteiger partial charge in [0.1, 0.15) is 0 Å². The van der Waals surface area contributed by atoms with Crippen molar-refractivity contribution in [2.75, 3.05) is 0 Å². The van der Waals surface area contributed by atoms with Crippen LogP contribution in [0, 0.1) is 0 Å². The number of nitrogens with zero attached hydrogens (tertiary/aromatic N) is 1. The van der Waals surface area contributed by atoms with Gasteiger partial charge in [-0.1, -0.05) is 121 Å². The highest BCUT2D eigenvalue weighted by atomic mass is 35.5. The smallest absolute Gasteiger partial charge is 0.0547 e. The van der Waals surface area contributed by atoms with Crippen molar-refractivity contribution < 1.29 is 0 Å². The normalized spacial score (nSPS) is 11.3. The summed E-state index contributed by atoms with van der Waals surface area (Å²) in [4.78, 5) is 0. The van der Waals surface area contributed by atoms with Crippen molar-refractivity contribution in [3.63, 3.8) is 0 Å². The van der Waals surface area contributed by atoms with Gasteiger partial charge in [-0.15, -0.1) is 0 Å². The number of hydrogen-bond acceptors (Lipinski definition) is 0. The second kappa shape index (κ2) is 9.37. The standard InChI is InChI=1S/C36H24ClN/c37-29-21-18-27(19-22-29)30-15-9-17-35-36(30)31-14-7-8-16-33(31)38(35)34-23-20-28(25-10-3-1-4-11-25)24-32(34)26-12-5-2-6-13-26/h1-24H. The molecule has 0 unspecified atom stereocenters. The Kier molecular flexibility index (Phi) is 5.57. The molecule has 0 spiro atoms. The zero-order valence-electron chi connectivity index (χ0n) is 20.7. The molecule has 7 rings (SSSR count). The minimum absolute atomic E-state index is 0.745. The first-order chi connectivity index (χ1) is 18.8. The third-order valence-corrected chi connectivity index (χ3v) is 7.53. The topological polar surface area (TPSA) is 4.93 Å². The first kappa shape index (κ1) is 22.6. The van der Waals surface area contributed by atoms with Crippen LogP contribution in [-0.4, -0.2) is 4.57 Å². The summed E-state index contributed by atoms with van der Waals surface area (Å²) in [5.74, 6) is 0. The number of halogens is 1. The summed E-state index contributed by atoms with van der Waals surface area (Å²) in [6.07, 6.45) is 0. The summed E-state index contributed by atoms with van der Waals surface area (Å²) in [6.45, 7) is 0. The zero-order chi connectivity index (χ0) is 25.5. The van der Waals surface area contributed by atoms with Gasteiger partial charge in [0.25, 0.3) is 0 Å². The van der Waals surface area contributed by atoms with E-state index >= 15 is 0 Å². The Hall–Kier alpha value is -4.59. The molecule has 0 N–H and O–H groups in total. The summed E-state index contributed by atoms with van der Waals surface area (Å²) in [7, 11) is 0. The lowest BCUT2D eigenvalue weighted by Gasteiger charge is -2.16. The summed E-state index contributed by atoms with van der Waals surface area (Å²) in [6, 6.07) is 51.5. The van der Waals surface area contributed by atoms with Crippen LogP contribution >= 0.6 is 11.6 Å². The molecule has 1 nitrogen and oxygen atoms in total. The molecule has 0 radical (unpaired) electrons. The Labute approximate surface area is 227 Å². The van der Waals surface area contributed by atoms with Crippen LogP contribution in [0.25, 0.3) is 60.9 Å². The van der Waals surface area contributed by atoms with Gasteiger partial charge < -0.3 is 4.57 Å². The first-order valence-corrected chi connectivity index (χ1v) is 13.2. The van der Waals surface area contributed by atoms with Crippen LogP contribution in [0.1, 0.15) is 0 Å². The molecule has 2 heteroatoms. The fraction of sp³-hybridized carbons (Fsp3) is 0. The van der Waals surface area contributed by atoms with Crippen molar-refractivity contribution in [2.45, 2.75) is 0 Å². The van der Waals surface area contributed by atoms with Crippen LogP contribution in [0.4, 0.5) is 0 Å². The Morgan fingerprint density at radius 1 is 0.421 bits per heavy atom. The van der Waals surface area contributed by atoms with E-state index in [-0.39, 0.29) is 0 Å². The molecule has 0 amide bonds. The molecule has 7 aromatic rings. The molecular formula is C36H24ClN. The molecule has 0 saturated carbocycles. The van der Waals surface area contributed by atoms with Crippen molar-refractivity contribution in [1.82, 2.24) is 4.57 Å². The number of aromatic nitrogens is 1. The van der Waals surface area contributed by atoms with Gasteiger partial charge in [-0.05, 0) is 64.2 Å². The van der Waals surface area contributed by atoms with Crippen LogP contribution in [0.15, 0.2) is 146 Å². The molecule has 1 aromatic heterocycles. The molecule has 1 heterocycles. The Bertz CT molecular complexity index is 1900.